The van der Waals surface area contributed by atoms with Gasteiger partial charge in [-0.1, -0.05) is 29.5 Å². The van der Waals surface area contributed by atoms with Crippen molar-refractivity contribution < 1.29 is 9.13 Å². The summed E-state index contributed by atoms with van der Waals surface area (Å²) in [5.74, 6) is 5.93. The Morgan fingerprint density at radius 1 is 1.25 bits per heavy atom. The molecule has 0 atom stereocenters. The van der Waals surface area contributed by atoms with Gasteiger partial charge in [0, 0.05) is 22.3 Å². The van der Waals surface area contributed by atoms with Crippen molar-refractivity contribution in [3.8, 4) is 17.6 Å². The molecule has 0 saturated heterocycles. The maximum absolute atomic E-state index is 13.6. The largest absolute Gasteiger partial charge is 0.487 e. The first-order valence-corrected chi connectivity index (χ1v) is 6.67. The first kappa shape index (κ1) is 14.6. The van der Waals surface area contributed by atoms with Gasteiger partial charge < -0.3 is 4.74 Å². The van der Waals surface area contributed by atoms with Crippen LogP contribution in [0.15, 0.2) is 36.7 Å². The average Bonchev–Trinajstić information content (AvgIpc) is 2.45. The maximum atomic E-state index is 13.6. The number of alkyl halides is 1. The molecule has 1 heterocycles. The van der Waals surface area contributed by atoms with Crippen molar-refractivity contribution in [1.82, 2.24) is 4.98 Å². The van der Waals surface area contributed by atoms with Crippen LogP contribution in [-0.2, 0) is 6.61 Å². The standard InChI is InChI=1S/C15H10Cl2FNO/c16-5-1-2-11-6-14(9-19-8-11)20-10-12-3-4-13(17)7-15(12)18/h3-4,6-9H,5,10H2. The van der Waals surface area contributed by atoms with Crippen LogP contribution >= 0.6 is 23.2 Å². The summed E-state index contributed by atoms with van der Waals surface area (Å²) in [4.78, 5) is 4.00. The van der Waals surface area contributed by atoms with Crippen molar-refractivity contribution in [2.24, 2.45) is 0 Å². The lowest BCUT2D eigenvalue weighted by atomic mass is 10.2. The predicted molar refractivity (Wildman–Crippen MR) is 77.6 cm³/mol. The van der Waals surface area contributed by atoms with Gasteiger partial charge in [-0.2, -0.15) is 0 Å². The zero-order valence-corrected chi connectivity index (χ0v) is 11.9. The first-order valence-electron chi connectivity index (χ1n) is 5.75. The molecule has 2 aromatic rings. The van der Waals surface area contributed by atoms with E-state index in [-0.39, 0.29) is 12.5 Å². The molecule has 1 aromatic carbocycles. The minimum absolute atomic E-state index is 0.0943. The molecule has 2 rings (SSSR count). The number of benzene rings is 1. The number of aromatic nitrogens is 1. The molecular formula is C15H10Cl2FNO. The highest BCUT2D eigenvalue weighted by Crippen LogP contribution is 2.17. The Morgan fingerprint density at radius 2 is 2.10 bits per heavy atom. The van der Waals surface area contributed by atoms with E-state index in [9.17, 15) is 4.39 Å². The molecule has 0 unspecified atom stereocenters. The van der Waals surface area contributed by atoms with Crippen LogP contribution in [0.1, 0.15) is 11.1 Å². The van der Waals surface area contributed by atoms with Crippen molar-refractivity contribution >= 4 is 23.2 Å². The Bertz CT molecular complexity index is 664. The van der Waals surface area contributed by atoms with E-state index >= 15 is 0 Å². The average molecular weight is 310 g/mol. The third kappa shape index (κ3) is 4.12. The summed E-state index contributed by atoms with van der Waals surface area (Å²) in [6.45, 7) is 0.0943. The van der Waals surface area contributed by atoms with Crippen LogP contribution in [0, 0.1) is 17.7 Å². The Balaban J connectivity index is 2.07. The van der Waals surface area contributed by atoms with E-state index in [4.69, 9.17) is 27.9 Å². The summed E-state index contributed by atoms with van der Waals surface area (Å²) in [7, 11) is 0. The van der Waals surface area contributed by atoms with E-state index in [1.807, 2.05) is 0 Å². The molecule has 0 radical (unpaired) electrons. The van der Waals surface area contributed by atoms with Gasteiger partial charge in [-0.25, -0.2) is 4.39 Å². The van der Waals surface area contributed by atoms with Gasteiger partial charge in [-0.3, -0.25) is 4.98 Å². The topological polar surface area (TPSA) is 22.1 Å². The fraction of sp³-hybridized carbons (Fsp3) is 0.133. The van der Waals surface area contributed by atoms with Crippen LogP contribution in [0.3, 0.4) is 0 Å². The van der Waals surface area contributed by atoms with Gasteiger partial charge >= 0.3 is 0 Å². The molecule has 0 aliphatic rings. The van der Waals surface area contributed by atoms with Crippen molar-refractivity contribution in [1.29, 1.82) is 0 Å². The quantitative estimate of drug-likeness (QED) is 0.630. The van der Waals surface area contributed by atoms with Crippen LogP contribution in [0.25, 0.3) is 0 Å². The summed E-state index contributed by atoms with van der Waals surface area (Å²) in [5, 5.41) is 0.353. The van der Waals surface area contributed by atoms with E-state index < -0.39 is 5.82 Å². The molecule has 1 aromatic heterocycles. The highest BCUT2D eigenvalue weighted by atomic mass is 35.5. The van der Waals surface area contributed by atoms with Crippen molar-refractivity contribution in [3.05, 3.63) is 58.6 Å². The second kappa shape index (κ2) is 7.14. The molecule has 0 aliphatic heterocycles. The highest BCUT2D eigenvalue weighted by molar-refractivity contribution is 6.30. The number of rotatable bonds is 3. The third-order valence-electron chi connectivity index (χ3n) is 2.42. The number of pyridine rings is 1. The van der Waals surface area contributed by atoms with Crippen LogP contribution < -0.4 is 4.74 Å². The summed E-state index contributed by atoms with van der Waals surface area (Å²) in [6.07, 6.45) is 3.15. The summed E-state index contributed by atoms with van der Waals surface area (Å²) in [6, 6.07) is 6.17. The van der Waals surface area contributed by atoms with Gasteiger partial charge in [-0.05, 0) is 18.2 Å². The smallest absolute Gasteiger partial charge is 0.139 e. The number of ether oxygens (including phenoxy) is 1. The van der Waals surface area contributed by atoms with Gasteiger partial charge in [0.25, 0.3) is 0 Å². The molecule has 0 N–H and O–H groups in total. The highest BCUT2D eigenvalue weighted by Gasteiger charge is 2.04. The third-order valence-corrected chi connectivity index (χ3v) is 2.79. The second-order valence-corrected chi connectivity index (χ2v) is 4.57. The monoisotopic (exact) mass is 309 g/mol. The lowest BCUT2D eigenvalue weighted by molar-refractivity contribution is 0.298. The molecular weight excluding hydrogens is 300 g/mol. The maximum Gasteiger partial charge on any atom is 0.139 e. The normalized spacial score (nSPS) is 9.75. The van der Waals surface area contributed by atoms with Gasteiger partial charge in [0.2, 0.25) is 0 Å². The fourth-order valence-electron chi connectivity index (χ4n) is 1.50. The fourth-order valence-corrected chi connectivity index (χ4v) is 1.73. The van der Waals surface area contributed by atoms with Gasteiger partial charge in [-0.15, -0.1) is 11.6 Å². The number of halogens is 3. The van der Waals surface area contributed by atoms with E-state index in [0.717, 1.165) is 0 Å². The molecule has 5 heteroatoms. The van der Waals surface area contributed by atoms with Crippen LogP contribution in [0.5, 0.6) is 5.75 Å². The SMILES string of the molecule is Fc1cc(Cl)ccc1COc1cncc(C#CCCl)c1. The molecule has 0 saturated carbocycles. The van der Waals surface area contributed by atoms with Gasteiger partial charge in [0.15, 0.2) is 0 Å². The van der Waals surface area contributed by atoms with Crippen LogP contribution in [0.4, 0.5) is 4.39 Å². The molecule has 0 amide bonds. The van der Waals surface area contributed by atoms with E-state index in [1.54, 1.807) is 30.6 Å². The molecule has 0 bridgehead atoms. The number of hydrogen-bond donors (Lipinski definition) is 0. The molecule has 2 nitrogen and oxygen atoms in total. The van der Waals surface area contributed by atoms with E-state index in [1.165, 1.54) is 6.07 Å². The first-order chi connectivity index (χ1) is 9.69. The van der Waals surface area contributed by atoms with E-state index in [0.29, 0.717) is 21.9 Å². The zero-order chi connectivity index (χ0) is 14.4. The second-order valence-electron chi connectivity index (χ2n) is 3.87. The van der Waals surface area contributed by atoms with Crippen molar-refractivity contribution in [2.75, 3.05) is 5.88 Å². The van der Waals surface area contributed by atoms with Crippen molar-refractivity contribution in [2.45, 2.75) is 6.61 Å². The minimum atomic E-state index is -0.399. The number of hydrogen-bond acceptors (Lipinski definition) is 2. The lowest BCUT2D eigenvalue weighted by Crippen LogP contribution is -1.99. The van der Waals surface area contributed by atoms with Crippen LogP contribution in [-0.4, -0.2) is 10.9 Å². The van der Waals surface area contributed by atoms with E-state index in [2.05, 4.69) is 16.8 Å². The zero-order valence-electron chi connectivity index (χ0n) is 10.4. The lowest BCUT2D eigenvalue weighted by Gasteiger charge is -2.07. The van der Waals surface area contributed by atoms with Gasteiger partial charge in [0.1, 0.15) is 18.2 Å². The summed E-state index contributed by atoms with van der Waals surface area (Å²) in [5.41, 5.74) is 1.12. The minimum Gasteiger partial charge on any atom is -0.487 e. The Labute approximate surface area is 126 Å². The molecule has 0 fully saturated rings. The van der Waals surface area contributed by atoms with Crippen molar-refractivity contribution in [3.63, 3.8) is 0 Å². The number of nitrogens with zero attached hydrogens (tertiary/aromatic N) is 1. The molecule has 20 heavy (non-hydrogen) atoms. The Kier molecular flexibility index (Phi) is 5.23. The summed E-state index contributed by atoms with van der Waals surface area (Å²) < 4.78 is 19.1. The molecule has 0 aliphatic carbocycles. The molecule has 0 spiro atoms. The van der Waals surface area contributed by atoms with Crippen LogP contribution in [0.2, 0.25) is 5.02 Å². The summed E-state index contributed by atoms with van der Waals surface area (Å²) >= 11 is 11.2. The van der Waals surface area contributed by atoms with Gasteiger partial charge in [0.05, 0.1) is 12.1 Å². The predicted octanol–water partition coefficient (Wildman–Crippen LogP) is 4.04. The Morgan fingerprint density at radius 3 is 2.85 bits per heavy atom. The Hall–Kier alpha value is -1.76. The molecule has 102 valence electrons.